The zero-order valence-corrected chi connectivity index (χ0v) is 12.4. The third kappa shape index (κ3) is 2.56. The van der Waals surface area contributed by atoms with Crippen LogP contribution in [0.4, 0.5) is 0 Å². The van der Waals surface area contributed by atoms with Gasteiger partial charge in [-0.3, -0.25) is 4.68 Å². The van der Waals surface area contributed by atoms with E-state index in [1.165, 1.54) is 0 Å². The topological polar surface area (TPSA) is 55.9 Å². The molecule has 0 bridgehead atoms. The maximum Gasteiger partial charge on any atom is 0.112 e. The number of imidazole rings is 1. The van der Waals surface area contributed by atoms with Gasteiger partial charge < -0.3 is 9.67 Å². The molecule has 1 N–H and O–H groups in total. The SMILES string of the molecule is CCCn1nccc1C(O)Cc1nc2ccccc2n1C. The molecule has 0 spiro atoms. The third-order valence-electron chi connectivity index (χ3n) is 3.78. The Bertz CT molecular complexity index is 744. The fourth-order valence-electron chi connectivity index (χ4n) is 2.68. The second kappa shape index (κ2) is 5.69. The Morgan fingerprint density at radius 3 is 2.81 bits per heavy atom. The molecule has 110 valence electrons. The van der Waals surface area contributed by atoms with Crippen molar-refractivity contribution < 1.29 is 5.11 Å². The average molecular weight is 284 g/mol. The van der Waals surface area contributed by atoms with Crippen LogP contribution < -0.4 is 0 Å². The van der Waals surface area contributed by atoms with Gasteiger partial charge in [0.05, 0.1) is 16.7 Å². The first-order valence-corrected chi connectivity index (χ1v) is 7.30. The molecule has 5 heteroatoms. The maximum atomic E-state index is 10.5. The van der Waals surface area contributed by atoms with Gasteiger partial charge in [0.15, 0.2) is 0 Å². The van der Waals surface area contributed by atoms with Gasteiger partial charge in [-0.2, -0.15) is 5.10 Å². The molecule has 0 saturated heterocycles. The minimum atomic E-state index is -0.588. The Morgan fingerprint density at radius 2 is 2.05 bits per heavy atom. The first-order chi connectivity index (χ1) is 10.2. The Hall–Kier alpha value is -2.14. The van der Waals surface area contributed by atoms with E-state index in [1.807, 2.05) is 46.6 Å². The normalized spacial score (nSPS) is 12.9. The van der Waals surface area contributed by atoms with Crippen LogP contribution in [0.2, 0.25) is 0 Å². The molecule has 21 heavy (non-hydrogen) atoms. The van der Waals surface area contributed by atoms with Gasteiger partial charge in [0.1, 0.15) is 11.9 Å². The summed E-state index contributed by atoms with van der Waals surface area (Å²) >= 11 is 0. The number of aromatic nitrogens is 4. The maximum absolute atomic E-state index is 10.5. The van der Waals surface area contributed by atoms with Crippen molar-refractivity contribution in [1.82, 2.24) is 19.3 Å². The van der Waals surface area contributed by atoms with Crippen LogP contribution in [0, 0.1) is 0 Å². The van der Waals surface area contributed by atoms with E-state index < -0.39 is 6.10 Å². The Labute approximate surface area is 123 Å². The molecule has 2 aromatic heterocycles. The minimum Gasteiger partial charge on any atom is -0.386 e. The van der Waals surface area contributed by atoms with Gasteiger partial charge in [-0.1, -0.05) is 19.1 Å². The van der Waals surface area contributed by atoms with Crippen molar-refractivity contribution in [2.45, 2.75) is 32.4 Å². The van der Waals surface area contributed by atoms with Crippen molar-refractivity contribution in [2.24, 2.45) is 7.05 Å². The summed E-state index contributed by atoms with van der Waals surface area (Å²) in [7, 11) is 1.99. The summed E-state index contributed by atoms with van der Waals surface area (Å²) in [6.45, 7) is 2.92. The first-order valence-electron chi connectivity index (χ1n) is 7.30. The van der Waals surface area contributed by atoms with E-state index in [0.29, 0.717) is 6.42 Å². The van der Waals surface area contributed by atoms with Gasteiger partial charge in [-0.05, 0) is 24.6 Å². The van der Waals surface area contributed by atoms with E-state index in [0.717, 1.165) is 35.5 Å². The van der Waals surface area contributed by atoms with Crippen LogP contribution in [-0.4, -0.2) is 24.4 Å². The van der Waals surface area contributed by atoms with Gasteiger partial charge in [0, 0.05) is 26.2 Å². The second-order valence-electron chi connectivity index (χ2n) is 5.27. The van der Waals surface area contributed by atoms with Gasteiger partial charge in [0.2, 0.25) is 0 Å². The number of hydrogen-bond donors (Lipinski definition) is 1. The predicted octanol–water partition coefficient (Wildman–Crippen LogP) is 2.46. The second-order valence-corrected chi connectivity index (χ2v) is 5.27. The lowest BCUT2D eigenvalue weighted by atomic mass is 10.2. The van der Waals surface area contributed by atoms with Gasteiger partial charge in [-0.25, -0.2) is 4.98 Å². The zero-order chi connectivity index (χ0) is 14.8. The lowest BCUT2D eigenvalue weighted by Gasteiger charge is -2.13. The summed E-state index contributed by atoms with van der Waals surface area (Å²) in [5.74, 6) is 0.882. The molecule has 0 aliphatic heterocycles. The molecule has 0 radical (unpaired) electrons. The number of nitrogens with zero attached hydrogens (tertiary/aromatic N) is 4. The van der Waals surface area contributed by atoms with Crippen LogP contribution >= 0.6 is 0 Å². The van der Waals surface area contributed by atoms with Crippen molar-refractivity contribution in [1.29, 1.82) is 0 Å². The van der Waals surface area contributed by atoms with Crippen LogP contribution in [0.25, 0.3) is 11.0 Å². The Balaban J connectivity index is 1.87. The van der Waals surface area contributed by atoms with Gasteiger partial charge in [-0.15, -0.1) is 0 Å². The third-order valence-corrected chi connectivity index (χ3v) is 3.78. The van der Waals surface area contributed by atoms with Crippen molar-refractivity contribution in [3.63, 3.8) is 0 Å². The van der Waals surface area contributed by atoms with Crippen molar-refractivity contribution in [3.8, 4) is 0 Å². The van der Waals surface area contributed by atoms with Crippen LogP contribution in [-0.2, 0) is 20.0 Å². The molecule has 1 aromatic carbocycles. The van der Waals surface area contributed by atoms with Crippen molar-refractivity contribution in [2.75, 3.05) is 0 Å². The highest BCUT2D eigenvalue weighted by Gasteiger charge is 2.17. The molecule has 0 amide bonds. The fourth-order valence-corrected chi connectivity index (χ4v) is 2.68. The smallest absolute Gasteiger partial charge is 0.112 e. The summed E-state index contributed by atoms with van der Waals surface area (Å²) in [6.07, 6.45) is 2.63. The molecule has 3 aromatic rings. The van der Waals surface area contributed by atoms with Crippen LogP contribution in [0.5, 0.6) is 0 Å². The number of benzene rings is 1. The molecule has 1 unspecified atom stereocenters. The number of aryl methyl sites for hydroxylation is 2. The van der Waals surface area contributed by atoms with E-state index >= 15 is 0 Å². The molecule has 0 aliphatic rings. The molecular formula is C16H20N4O. The summed E-state index contributed by atoms with van der Waals surface area (Å²) in [5.41, 5.74) is 2.90. The highest BCUT2D eigenvalue weighted by Crippen LogP contribution is 2.21. The van der Waals surface area contributed by atoms with E-state index in [4.69, 9.17) is 0 Å². The summed E-state index contributed by atoms with van der Waals surface area (Å²) in [6, 6.07) is 9.89. The van der Waals surface area contributed by atoms with E-state index in [1.54, 1.807) is 6.20 Å². The standard InChI is InChI=1S/C16H20N4O/c1-3-10-20-14(8-9-17-20)15(21)11-16-18-12-6-4-5-7-13(12)19(16)2/h4-9,15,21H,3,10-11H2,1-2H3. The lowest BCUT2D eigenvalue weighted by molar-refractivity contribution is 0.163. The highest BCUT2D eigenvalue weighted by atomic mass is 16.3. The summed E-state index contributed by atoms with van der Waals surface area (Å²) in [5, 5.41) is 14.8. The molecular weight excluding hydrogens is 264 g/mol. The quantitative estimate of drug-likeness (QED) is 0.783. The first kappa shape index (κ1) is 13.8. The van der Waals surface area contributed by atoms with E-state index in [-0.39, 0.29) is 0 Å². The van der Waals surface area contributed by atoms with Crippen molar-refractivity contribution >= 4 is 11.0 Å². The van der Waals surface area contributed by atoms with Gasteiger partial charge in [0.25, 0.3) is 0 Å². The number of para-hydroxylation sites is 2. The van der Waals surface area contributed by atoms with E-state index in [9.17, 15) is 5.11 Å². The monoisotopic (exact) mass is 284 g/mol. The average Bonchev–Trinajstić information content (AvgIpc) is 3.06. The summed E-state index contributed by atoms with van der Waals surface area (Å²) < 4.78 is 3.91. The number of hydrogen-bond acceptors (Lipinski definition) is 3. The predicted molar refractivity (Wildman–Crippen MR) is 81.9 cm³/mol. The zero-order valence-electron chi connectivity index (χ0n) is 12.4. The molecule has 3 rings (SSSR count). The Kier molecular flexibility index (Phi) is 3.75. The number of fused-ring (bicyclic) bond motifs is 1. The van der Waals surface area contributed by atoms with Crippen LogP contribution in [0.1, 0.15) is 31.0 Å². The fraction of sp³-hybridized carbons (Fsp3) is 0.375. The lowest BCUT2D eigenvalue weighted by Crippen LogP contribution is -2.13. The van der Waals surface area contributed by atoms with Crippen LogP contribution in [0.15, 0.2) is 36.5 Å². The molecule has 0 aliphatic carbocycles. The molecule has 5 nitrogen and oxygen atoms in total. The minimum absolute atomic E-state index is 0.487. The van der Waals surface area contributed by atoms with Crippen molar-refractivity contribution in [3.05, 3.63) is 48.0 Å². The number of aliphatic hydroxyl groups excluding tert-OH is 1. The molecule has 0 saturated carbocycles. The Morgan fingerprint density at radius 1 is 1.24 bits per heavy atom. The molecule has 2 heterocycles. The summed E-state index contributed by atoms with van der Waals surface area (Å²) in [4.78, 5) is 4.61. The van der Waals surface area contributed by atoms with Gasteiger partial charge >= 0.3 is 0 Å². The number of rotatable bonds is 5. The highest BCUT2D eigenvalue weighted by molar-refractivity contribution is 5.75. The van der Waals surface area contributed by atoms with E-state index in [2.05, 4.69) is 17.0 Å². The number of aliphatic hydroxyl groups is 1. The largest absolute Gasteiger partial charge is 0.386 e. The molecule has 1 atom stereocenters. The molecule has 0 fully saturated rings. The van der Waals surface area contributed by atoms with Crippen LogP contribution in [0.3, 0.4) is 0 Å².